The predicted octanol–water partition coefficient (Wildman–Crippen LogP) is 1.49. The molecule has 0 aliphatic heterocycles. The zero-order valence-corrected chi connectivity index (χ0v) is 7.12. The highest BCUT2D eigenvalue weighted by Gasteiger charge is 2.20. The third kappa shape index (κ3) is 3.34. The van der Waals surface area contributed by atoms with E-state index < -0.39 is 12.3 Å². The molecule has 12 heavy (non-hydrogen) atoms. The van der Waals surface area contributed by atoms with Crippen molar-refractivity contribution in [3.63, 3.8) is 0 Å². The molecule has 0 heterocycles. The third-order valence-electron chi connectivity index (χ3n) is 1.16. The maximum Gasteiger partial charge on any atom is 0.440 e. The number of hydrogen-bond acceptors (Lipinski definition) is 3. The van der Waals surface area contributed by atoms with Gasteiger partial charge in [-0.1, -0.05) is 17.1 Å². The lowest BCUT2D eigenvalue weighted by Gasteiger charge is -2.16. The van der Waals surface area contributed by atoms with E-state index in [2.05, 4.69) is 16.1 Å². The maximum absolute atomic E-state index is 12.7. The fraction of sp³-hybridized carbons (Fsp3) is 0.571. The number of amides is 1. The third-order valence-corrected chi connectivity index (χ3v) is 1.16. The molecule has 0 aromatic heterocycles. The van der Waals surface area contributed by atoms with E-state index in [9.17, 15) is 9.28 Å². The van der Waals surface area contributed by atoms with E-state index in [1.54, 1.807) is 0 Å². The monoisotopic (exact) mass is 177 g/mol. The average molecular weight is 177 g/mol. The summed E-state index contributed by atoms with van der Waals surface area (Å²) in [5.41, 5.74) is 0. The van der Waals surface area contributed by atoms with Crippen molar-refractivity contribution in [1.82, 2.24) is 5.12 Å². The van der Waals surface area contributed by atoms with Gasteiger partial charge in [0.25, 0.3) is 0 Å². The first-order valence-electron chi connectivity index (χ1n) is 3.39. The minimum atomic E-state index is -1.08. The van der Waals surface area contributed by atoms with Gasteiger partial charge in [-0.25, -0.2) is 4.79 Å². The molecule has 0 aliphatic rings. The van der Waals surface area contributed by atoms with Crippen LogP contribution in [0.3, 0.4) is 0 Å². The average Bonchev–Trinajstić information content (AvgIpc) is 2.11. The summed E-state index contributed by atoms with van der Waals surface area (Å²) in [6, 6.07) is 0. The molecule has 0 fully saturated rings. The lowest BCUT2D eigenvalue weighted by atomic mass is 10.6. The van der Waals surface area contributed by atoms with Crippen molar-refractivity contribution in [2.75, 3.05) is 13.7 Å². The highest BCUT2D eigenvalue weighted by atomic mass is 19.2. The molecular formula is C7H12FNO3. The van der Waals surface area contributed by atoms with Gasteiger partial charge in [-0.3, -0.25) is 0 Å². The highest BCUT2D eigenvalue weighted by molar-refractivity contribution is 5.66. The molecule has 0 aromatic rings. The topological polar surface area (TPSA) is 38.8 Å². The number of rotatable bonds is 4. The Hall–Kier alpha value is -1.10. The van der Waals surface area contributed by atoms with Crippen molar-refractivity contribution >= 4 is 6.09 Å². The van der Waals surface area contributed by atoms with Gasteiger partial charge in [0.2, 0.25) is 0 Å². The molecule has 0 spiro atoms. The zero-order chi connectivity index (χ0) is 9.56. The largest absolute Gasteiger partial charge is 0.443 e. The van der Waals surface area contributed by atoms with Crippen LogP contribution < -0.4 is 0 Å². The molecule has 0 N–H and O–H groups in total. The van der Waals surface area contributed by atoms with E-state index in [0.717, 1.165) is 0 Å². The number of nitrogens with zero attached hydrogens (tertiary/aromatic N) is 1. The van der Waals surface area contributed by atoms with E-state index in [0.29, 0.717) is 0 Å². The first-order chi connectivity index (χ1) is 5.63. The van der Waals surface area contributed by atoms with Crippen molar-refractivity contribution in [3.05, 3.63) is 12.7 Å². The van der Waals surface area contributed by atoms with E-state index in [1.807, 2.05) is 0 Å². The minimum absolute atomic E-state index is 0.0182. The number of methoxy groups -OCH3 is 1. The Morgan fingerprint density at radius 2 is 2.42 bits per heavy atom. The molecule has 0 rings (SSSR count). The summed E-state index contributed by atoms with van der Waals surface area (Å²) in [6.45, 7) is 4.67. The normalized spacial score (nSPS) is 11.9. The molecule has 1 atom stereocenters. The second-order valence-corrected chi connectivity index (χ2v) is 2.01. The quantitative estimate of drug-likeness (QED) is 0.371. The molecule has 0 radical (unpaired) electrons. The van der Waals surface area contributed by atoms with Gasteiger partial charge < -0.3 is 9.47 Å². The molecular weight excluding hydrogens is 165 g/mol. The van der Waals surface area contributed by atoms with Gasteiger partial charge in [-0.2, -0.15) is 0 Å². The molecule has 1 unspecified atom stereocenters. The van der Waals surface area contributed by atoms with Gasteiger partial charge in [0.05, 0.1) is 0 Å². The number of hydrogen-bond donors (Lipinski definition) is 0. The van der Waals surface area contributed by atoms with Gasteiger partial charge in [0.1, 0.15) is 6.61 Å². The lowest BCUT2D eigenvalue weighted by molar-refractivity contribution is -0.110. The second kappa shape index (κ2) is 5.54. The number of halogens is 1. The van der Waals surface area contributed by atoms with Crippen LogP contribution in [0.2, 0.25) is 0 Å². The zero-order valence-electron chi connectivity index (χ0n) is 7.12. The summed E-state index contributed by atoms with van der Waals surface area (Å²) in [5.74, 6) is 0. The van der Waals surface area contributed by atoms with E-state index in [-0.39, 0.29) is 11.7 Å². The molecule has 0 saturated heterocycles. The van der Waals surface area contributed by atoms with Crippen molar-refractivity contribution in [2.45, 2.75) is 13.2 Å². The number of carbonyl (C=O) groups excluding carboxylic acids is 1. The first-order valence-corrected chi connectivity index (χ1v) is 3.39. The Balaban J connectivity index is 3.83. The maximum atomic E-state index is 12.7. The van der Waals surface area contributed by atoms with Crippen molar-refractivity contribution in [2.24, 2.45) is 0 Å². The van der Waals surface area contributed by atoms with Crippen molar-refractivity contribution in [3.8, 4) is 0 Å². The van der Waals surface area contributed by atoms with Gasteiger partial charge in [0.15, 0.2) is 6.23 Å². The fourth-order valence-electron chi connectivity index (χ4n) is 0.433. The Morgan fingerprint density at radius 3 is 2.83 bits per heavy atom. The molecule has 0 bridgehead atoms. The molecule has 0 aromatic carbocycles. The predicted molar refractivity (Wildman–Crippen MR) is 41.0 cm³/mol. The number of ether oxygens (including phenoxy) is 2. The minimum Gasteiger partial charge on any atom is -0.443 e. The summed E-state index contributed by atoms with van der Waals surface area (Å²) >= 11 is 0. The summed E-state index contributed by atoms with van der Waals surface area (Å²) in [7, 11) is 1.29. The molecule has 0 saturated carbocycles. The second-order valence-electron chi connectivity index (χ2n) is 2.01. The van der Waals surface area contributed by atoms with Crippen LogP contribution in [0.4, 0.5) is 9.28 Å². The molecule has 1 amide bonds. The van der Waals surface area contributed by atoms with Crippen LogP contribution in [0.25, 0.3) is 0 Å². The molecule has 4 nitrogen and oxygen atoms in total. The summed E-state index contributed by atoms with van der Waals surface area (Å²) < 4.78 is 21.6. The van der Waals surface area contributed by atoms with Crippen molar-refractivity contribution < 1.29 is 18.7 Å². The SMILES string of the molecule is C=CCOC(=O)N(F)C(C)OC. The summed E-state index contributed by atoms with van der Waals surface area (Å²) in [4.78, 5) is 10.7. The van der Waals surface area contributed by atoms with Crippen LogP contribution in [0.5, 0.6) is 0 Å². The van der Waals surface area contributed by atoms with Crippen LogP contribution in [0.1, 0.15) is 6.92 Å². The Labute approximate surface area is 70.5 Å². The van der Waals surface area contributed by atoms with Crippen molar-refractivity contribution in [1.29, 1.82) is 0 Å². The molecule has 0 aliphatic carbocycles. The molecule has 70 valence electrons. The van der Waals surface area contributed by atoms with Gasteiger partial charge in [0, 0.05) is 7.11 Å². The van der Waals surface area contributed by atoms with E-state index in [1.165, 1.54) is 20.1 Å². The number of carbonyl (C=O) groups is 1. The van der Waals surface area contributed by atoms with Gasteiger partial charge in [-0.05, 0) is 6.92 Å². The highest BCUT2D eigenvalue weighted by Crippen LogP contribution is 2.02. The van der Waals surface area contributed by atoms with E-state index in [4.69, 9.17) is 0 Å². The van der Waals surface area contributed by atoms with E-state index >= 15 is 0 Å². The summed E-state index contributed by atoms with van der Waals surface area (Å²) in [5, 5.41) is -0.135. The van der Waals surface area contributed by atoms with Gasteiger partial charge >= 0.3 is 6.09 Å². The van der Waals surface area contributed by atoms with Crippen LogP contribution in [0, 0.1) is 0 Å². The Bertz CT molecular complexity index is 163. The Morgan fingerprint density at radius 1 is 1.83 bits per heavy atom. The summed E-state index contributed by atoms with van der Waals surface area (Å²) in [6.07, 6.45) is -0.671. The van der Waals surface area contributed by atoms with Crippen LogP contribution >= 0.6 is 0 Å². The lowest BCUT2D eigenvalue weighted by Crippen LogP contribution is -2.33. The first kappa shape index (κ1) is 10.9. The molecule has 5 heteroatoms. The standard InChI is InChI=1S/C7H12FNO3/c1-4-5-12-7(10)9(8)6(2)11-3/h4,6H,1,5H2,2-3H3. The van der Waals surface area contributed by atoms with Gasteiger partial charge in [-0.15, -0.1) is 5.12 Å². The van der Waals surface area contributed by atoms with Crippen LogP contribution in [-0.4, -0.2) is 31.2 Å². The van der Waals surface area contributed by atoms with Crippen LogP contribution in [0.15, 0.2) is 12.7 Å². The fourth-order valence-corrected chi connectivity index (χ4v) is 0.433. The van der Waals surface area contributed by atoms with Crippen LogP contribution in [-0.2, 0) is 9.47 Å². The Kier molecular flexibility index (Phi) is 5.03. The smallest absolute Gasteiger partial charge is 0.440 e.